The zero-order chi connectivity index (χ0) is 30.5. The summed E-state index contributed by atoms with van der Waals surface area (Å²) in [6.07, 6.45) is 4.73. The second-order valence-electron chi connectivity index (χ2n) is 12.6. The normalized spacial score (nSPS) is 14.4. The topological polar surface area (TPSA) is 111 Å². The summed E-state index contributed by atoms with van der Waals surface area (Å²) in [5, 5.41) is 4.79. The molecular weight excluding hydrogens is 552 g/mol. The number of nitrogens with one attached hydrogen (secondary N) is 1. The van der Waals surface area contributed by atoms with Crippen LogP contribution < -0.4 is 5.32 Å². The van der Waals surface area contributed by atoms with Gasteiger partial charge in [0.1, 0.15) is 17.0 Å². The maximum Gasteiger partial charge on any atom is 0.412 e. The second kappa shape index (κ2) is 13.0. The van der Waals surface area contributed by atoms with E-state index in [4.69, 9.17) is 9.47 Å². The van der Waals surface area contributed by atoms with Gasteiger partial charge in [0.25, 0.3) is 0 Å². The van der Waals surface area contributed by atoms with Gasteiger partial charge in [0.05, 0.1) is 5.56 Å². The smallest absolute Gasteiger partial charge is 0.412 e. The Kier molecular flexibility index (Phi) is 9.66. The van der Waals surface area contributed by atoms with Crippen molar-refractivity contribution >= 4 is 35.0 Å². The summed E-state index contributed by atoms with van der Waals surface area (Å²) < 4.78 is 10.9. The van der Waals surface area contributed by atoms with Gasteiger partial charge >= 0.3 is 12.2 Å². The van der Waals surface area contributed by atoms with Crippen LogP contribution in [0.5, 0.6) is 0 Å². The third-order valence-corrected chi connectivity index (χ3v) is 7.58. The van der Waals surface area contributed by atoms with Crippen LogP contribution in [0.25, 0.3) is 10.4 Å². The highest BCUT2D eigenvalue weighted by atomic mass is 32.1. The Bertz CT molecular complexity index is 1380. The molecule has 9 nitrogen and oxygen atoms in total. The first-order valence-corrected chi connectivity index (χ1v) is 15.1. The first kappa shape index (κ1) is 31.2. The average molecular weight is 593 g/mol. The quantitative estimate of drug-likeness (QED) is 0.290. The van der Waals surface area contributed by atoms with E-state index >= 15 is 0 Å². The Hall–Kier alpha value is -3.79. The summed E-state index contributed by atoms with van der Waals surface area (Å²) in [6.45, 7) is 12.3. The summed E-state index contributed by atoms with van der Waals surface area (Å²) in [4.78, 5) is 49.9. The summed E-state index contributed by atoms with van der Waals surface area (Å²) in [6, 6.07) is 9.63. The summed E-state index contributed by atoms with van der Waals surface area (Å²) in [7, 11) is 0. The third-order valence-electron chi connectivity index (χ3n) is 6.66. The molecule has 10 heteroatoms. The van der Waals surface area contributed by atoms with E-state index in [-0.39, 0.29) is 18.3 Å². The standard InChI is InChI=1S/C32H40N4O5S/c1-31(2,3)40-29(38)35-25-10-9-22(27-8-7-15-42-27)17-23(25)18-26(37)24-19-33-28(34-20-24)16-21-11-13-36(14-12-21)30(39)41-32(4,5)6/h7-10,15,17,19-21H,11-14,16,18H2,1-6H3,(H,35,38). The van der Waals surface area contributed by atoms with Crippen LogP contribution in [0.4, 0.5) is 15.3 Å². The maximum atomic E-state index is 13.3. The van der Waals surface area contributed by atoms with Gasteiger partial charge in [0, 0.05) is 48.9 Å². The van der Waals surface area contributed by atoms with Crippen molar-refractivity contribution in [1.82, 2.24) is 14.9 Å². The van der Waals surface area contributed by atoms with Gasteiger partial charge in [-0.2, -0.15) is 0 Å². The van der Waals surface area contributed by atoms with Crippen molar-refractivity contribution < 1.29 is 23.9 Å². The van der Waals surface area contributed by atoms with Crippen LogP contribution in [-0.4, -0.2) is 57.1 Å². The molecule has 0 spiro atoms. The largest absolute Gasteiger partial charge is 0.444 e. The van der Waals surface area contributed by atoms with Gasteiger partial charge in [-0.3, -0.25) is 10.1 Å². The zero-order valence-electron chi connectivity index (χ0n) is 25.2. The molecule has 1 aliphatic heterocycles. The number of piperidine rings is 1. The summed E-state index contributed by atoms with van der Waals surface area (Å²) >= 11 is 1.60. The van der Waals surface area contributed by atoms with E-state index in [1.165, 1.54) is 0 Å². The molecule has 0 saturated carbocycles. The number of nitrogens with zero attached hydrogens (tertiary/aromatic N) is 3. The molecule has 2 amide bonds. The maximum absolute atomic E-state index is 13.3. The lowest BCUT2D eigenvalue weighted by Gasteiger charge is -2.33. The third kappa shape index (κ3) is 9.11. The predicted octanol–water partition coefficient (Wildman–Crippen LogP) is 7.17. The number of carbonyl (C=O) groups excluding carboxylic acids is 3. The van der Waals surface area contributed by atoms with E-state index < -0.39 is 17.3 Å². The molecule has 0 unspecified atom stereocenters. The number of aromatic nitrogens is 2. The SMILES string of the molecule is CC(C)(C)OC(=O)Nc1ccc(-c2cccs2)cc1CC(=O)c1cnc(CC2CCN(C(=O)OC(C)(C)C)CC2)nc1. The summed E-state index contributed by atoms with van der Waals surface area (Å²) in [5.74, 6) is 0.878. The van der Waals surface area contributed by atoms with Gasteiger partial charge in [-0.25, -0.2) is 19.6 Å². The highest BCUT2D eigenvalue weighted by Crippen LogP contribution is 2.30. The van der Waals surface area contributed by atoms with E-state index in [1.807, 2.05) is 50.4 Å². The number of thiophene rings is 1. The second-order valence-corrected chi connectivity index (χ2v) is 13.5. The van der Waals surface area contributed by atoms with Crippen LogP contribution in [0.1, 0.15) is 76.1 Å². The molecule has 0 aliphatic carbocycles. The van der Waals surface area contributed by atoms with Crippen molar-refractivity contribution in [2.75, 3.05) is 18.4 Å². The van der Waals surface area contributed by atoms with Gasteiger partial charge in [-0.15, -0.1) is 11.3 Å². The number of likely N-dealkylation sites (tertiary alicyclic amines) is 1. The number of rotatable bonds is 7. The van der Waals surface area contributed by atoms with E-state index in [9.17, 15) is 14.4 Å². The van der Waals surface area contributed by atoms with E-state index in [1.54, 1.807) is 55.5 Å². The molecule has 224 valence electrons. The molecule has 1 saturated heterocycles. The minimum Gasteiger partial charge on any atom is -0.444 e. The van der Waals surface area contributed by atoms with Crippen molar-refractivity contribution in [3.8, 4) is 10.4 Å². The Morgan fingerprint density at radius 2 is 1.64 bits per heavy atom. The van der Waals surface area contributed by atoms with Gasteiger partial charge in [0.15, 0.2) is 5.78 Å². The minimum absolute atomic E-state index is 0.0657. The number of hydrogen-bond acceptors (Lipinski definition) is 8. The van der Waals surface area contributed by atoms with Gasteiger partial charge in [-0.1, -0.05) is 12.1 Å². The predicted molar refractivity (Wildman–Crippen MR) is 164 cm³/mol. The molecule has 4 rings (SSSR count). The first-order chi connectivity index (χ1) is 19.8. The Morgan fingerprint density at radius 1 is 0.976 bits per heavy atom. The van der Waals surface area contributed by atoms with Crippen LogP contribution in [0, 0.1) is 5.92 Å². The zero-order valence-corrected chi connectivity index (χ0v) is 26.0. The molecule has 0 bridgehead atoms. The first-order valence-electron chi connectivity index (χ1n) is 14.2. The number of Topliss-reactive ketones (excluding diaryl/α,β-unsaturated/α-hetero) is 1. The lowest BCUT2D eigenvalue weighted by atomic mass is 9.93. The lowest BCUT2D eigenvalue weighted by Crippen LogP contribution is -2.42. The number of benzene rings is 1. The van der Waals surface area contributed by atoms with Crippen LogP contribution in [0.2, 0.25) is 0 Å². The molecule has 1 N–H and O–H groups in total. The molecule has 3 aromatic rings. The van der Waals surface area contributed by atoms with E-state index in [0.29, 0.717) is 48.1 Å². The minimum atomic E-state index is -0.648. The van der Waals surface area contributed by atoms with E-state index in [0.717, 1.165) is 23.3 Å². The van der Waals surface area contributed by atoms with Crippen molar-refractivity contribution in [3.63, 3.8) is 0 Å². The number of carbonyl (C=O) groups is 3. The summed E-state index contributed by atoms with van der Waals surface area (Å²) in [5.41, 5.74) is 1.41. The van der Waals surface area contributed by atoms with Crippen molar-refractivity contribution in [3.05, 3.63) is 65.1 Å². The number of ether oxygens (including phenoxy) is 2. The highest BCUT2D eigenvalue weighted by molar-refractivity contribution is 7.13. The molecule has 3 heterocycles. The van der Waals surface area contributed by atoms with Gasteiger partial charge in [0.2, 0.25) is 0 Å². The fourth-order valence-corrected chi connectivity index (χ4v) is 5.38. The monoisotopic (exact) mass is 592 g/mol. The van der Waals surface area contributed by atoms with Crippen LogP contribution in [0.3, 0.4) is 0 Å². The molecule has 0 atom stereocenters. The molecule has 1 aromatic carbocycles. The van der Waals surface area contributed by atoms with Crippen molar-refractivity contribution in [1.29, 1.82) is 0 Å². The van der Waals surface area contributed by atoms with Crippen molar-refractivity contribution in [2.45, 2.75) is 78.4 Å². The number of ketones is 1. The van der Waals surface area contributed by atoms with Crippen molar-refractivity contribution in [2.24, 2.45) is 5.92 Å². The molecule has 2 aromatic heterocycles. The molecule has 1 aliphatic rings. The lowest BCUT2D eigenvalue weighted by molar-refractivity contribution is 0.0183. The Labute approximate surface area is 251 Å². The highest BCUT2D eigenvalue weighted by Gasteiger charge is 2.27. The molecule has 42 heavy (non-hydrogen) atoms. The molecular formula is C32H40N4O5S. The van der Waals surface area contributed by atoms with Crippen LogP contribution >= 0.6 is 11.3 Å². The Balaban J connectivity index is 1.39. The van der Waals surface area contributed by atoms with Crippen LogP contribution in [0.15, 0.2) is 48.1 Å². The average Bonchev–Trinajstić information content (AvgIpc) is 3.43. The van der Waals surface area contributed by atoms with Gasteiger partial charge < -0.3 is 14.4 Å². The van der Waals surface area contributed by atoms with Gasteiger partial charge in [-0.05, 0) is 95.0 Å². The number of amides is 2. The van der Waals surface area contributed by atoms with Crippen LogP contribution in [-0.2, 0) is 22.3 Å². The fraction of sp³-hybridized carbons (Fsp3) is 0.469. The molecule has 1 fully saturated rings. The molecule has 0 radical (unpaired) electrons. The Morgan fingerprint density at radius 3 is 2.24 bits per heavy atom. The van der Waals surface area contributed by atoms with E-state index in [2.05, 4.69) is 15.3 Å². The number of hydrogen-bond donors (Lipinski definition) is 1. The number of anilines is 1. The fourth-order valence-electron chi connectivity index (χ4n) is 4.66.